The zero-order valence-electron chi connectivity index (χ0n) is 16.0. The average molecular weight is 421 g/mol. The van der Waals surface area contributed by atoms with Crippen molar-refractivity contribution in [3.8, 4) is 0 Å². The number of H-pyrrole nitrogens is 1. The molecule has 0 atom stereocenters. The van der Waals surface area contributed by atoms with Gasteiger partial charge in [0, 0.05) is 12.7 Å². The first kappa shape index (κ1) is 20.2. The molecule has 0 radical (unpaired) electrons. The second-order valence-corrected chi connectivity index (χ2v) is 7.73. The Morgan fingerprint density at radius 1 is 1.23 bits per heavy atom. The molecule has 0 bridgehead atoms. The Hall–Kier alpha value is -2.15. The van der Waals surface area contributed by atoms with Gasteiger partial charge in [-0.2, -0.15) is 5.10 Å². The lowest BCUT2D eigenvalue weighted by Gasteiger charge is -2.18. The maximum absolute atomic E-state index is 12.6. The lowest BCUT2D eigenvalue weighted by atomic mass is 10.1. The molecule has 0 aliphatic rings. The summed E-state index contributed by atoms with van der Waals surface area (Å²) in [6.07, 6.45) is 0. The molecule has 0 aliphatic heterocycles. The number of aromatic nitrogens is 2. The maximum Gasteiger partial charge on any atom is 0.275 e. The highest BCUT2D eigenvalue weighted by Crippen LogP contribution is 2.26. The Labute approximate surface area is 162 Å². The molecule has 2 amide bonds. The van der Waals surface area contributed by atoms with Crippen molar-refractivity contribution >= 4 is 33.4 Å². The Morgan fingerprint density at radius 3 is 2.31 bits per heavy atom. The summed E-state index contributed by atoms with van der Waals surface area (Å²) in [5.41, 5.74) is 5.09. The number of carbonyl (C=O) groups is 2. The standard InChI is InChI=1S/C19H25BrN4O2/c1-10(2)16-15(20)18(23-22-16)19(26)24(6)9-14(25)21-17-12(4)7-11(3)8-13(17)5/h7-8,10H,9H2,1-6H3,(H,21,25)(H,22,23). The second-order valence-electron chi connectivity index (χ2n) is 6.94. The van der Waals surface area contributed by atoms with Gasteiger partial charge in [-0.3, -0.25) is 14.7 Å². The number of aryl methyl sites for hydroxylation is 3. The van der Waals surface area contributed by atoms with Crippen LogP contribution in [0.5, 0.6) is 0 Å². The number of aromatic amines is 1. The lowest BCUT2D eigenvalue weighted by Crippen LogP contribution is -2.35. The van der Waals surface area contributed by atoms with Gasteiger partial charge in [0.15, 0.2) is 5.69 Å². The molecule has 0 spiro atoms. The van der Waals surface area contributed by atoms with Crippen molar-refractivity contribution in [2.75, 3.05) is 18.9 Å². The fourth-order valence-electron chi connectivity index (χ4n) is 2.89. The van der Waals surface area contributed by atoms with E-state index in [4.69, 9.17) is 0 Å². The molecule has 0 saturated carbocycles. The van der Waals surface area contributed by atoms with Crippen molar-refractivity contribution < 1.29 is 9.59 Å². The Balaban J connectivity index is 2.09. The number of nitrogens with one attached hydrogen (secondary N) is 2. The van der Waals surface area contributed by atoms with Gasteiger partial charge in [-0.25, -0.2) is 0 Å². The van der Waals surface area contributed by atoms with Crippen LogP contribution >= 0.6 is 15.9 Å². The fourth-order valence-corrected chi connectivity index (χ4v) is 3.69. The summed E-state index contributed by atoms with van der Waals surface area (Å²) in [5, 5.41) is 9.88. The number of hydrogen-bond donors (Lipinski definition) is 2. The molecule has 0 aliphatic carbocycles. The molecule has 7 heteroatoms. The minimum absolute atomic E-state index is 0.0537. The number of nitrogens with zero attached hydrogens (tertiary/aromatic N) is 2. The molecule has 2 rings (SSSR count). The summed E-state index contributed by atoms with van der Waals surface area (Å²) in [4.78, 5) is 26.4. The fraction of sp³-hybridized carbons (Fsp3) is 0.421. The van der Waals surface area contributed by atoms with Crippen LogP contribution in [0.2, 0.25) is 0 Å². The number of hydrogen-bond acceptors (Lipinski definition) is 3. The molecule has 1 heterocycles. The van der Waals surface area contributed by atoms with Crippen molar-refractivity contribution in [3.05, 3.63) is 44.7 Å². The summed E-state index contributed by atoms with van der Waals surface area (Å²) < 4.78 is 0.648. The summed E-state index contributed by atoms with van der Waals surface area (Å²) in [6, 6.07) is 4.04. The predicted octanol–water partition coefficient (Wildman–Crippen LogP) is 3.93. The van der Waals surface area contributed by atoms with Gasteiger partial charge >= 0.3 is 0 Å². The molecular formula is C19H25BrN4O2. The van der Waals surface area contributed by atoms with E-state index in [1.54, 1.807) is 7.05 Å². The lowest BCUT2D eigenvalue weighted by molar-refractivity contribution is -0.116. The third kappa shape index (κ3) is 4.33. The van der Waals surface area contributed by atoms with Gasteiger partial charge in [0.2, 0.25) is 5.91 Å². The first-order chi connectivity index (χ1) is 12.1. The first-order valence-electron chi connectivity index (χ1n) is 8.48. The van der Waals surface area contributed by atoms with Crippen LogP contribution in [0, 0.1) is 20.8 Å². The number of halogens is 1. The van der Waals surface area contributed by atoms with Crippen LogP contribution in [0.4, 0.5) is 5.69 Å². The number of rotatable bonds is 5. The topological polar surface area (TPSA) is 78.1 Å². The SMILES string of the molecule is Cc1cc(C)c(NC(=O)CN(C)C(=O)c2n[nH]c(C(C)C)c2Br)c(C)c1. The minimum atomic E-state index is -0.312. The van der Waals surface area contributed by atoms with Crippen LogP contribution in [0.15, 0.2) is 16.6 Å². The second kappa shape index (κ2) is 8.03. The van der Waals surface area contributed by atoms with E-state index in [9.17, 15) is 9.59 Å². The molecule has 0 saturated heterocycles. The molecule has 0 fully saturated rings. The smallest absolute Gasteiger partial charge is 0.275 e. The van der Waals surface area contributed by atoms with Gasteiger partial charge < -0.3 is 10.2 Å². The van der Waals surface area contributed by atoms with E-state index in [0.717, 1.165) is 28.1 Å². The van der Waals surface area contributed by atoms with E-state index in [2.05, 4.69) is 31.4 Å². The first-order valence-corrected chi connectivity index (χ1v) is 9.28. The van der Waals surface area contributed by atoms with Crippen molar-refractivity contribution in [2.45, 2.75) is 40.5 Å². The summed E-state index contributed by atoms with van der Waals surface area (Å²) in [7, 11) is 1.59. The van der Waals surface area contributed by atoms with Gasteiger partial charge in [0.05, 0.1) is 16.7 Å². The average Bonchev–Trinajstić information content (AvgIpc) is 2.91. The van der Waals surface area contributed by atoms with Crippen LogP contribution in [0.3, 0.4) is 0 Å². The molecule has 2 N–H and O–H groups in total. The van der Waals surface area contributed by atoms with Gasteiger partial charge in [-0.1, -0.05) is 31.5 Å². The van der Waals surface area contributed by atoms with Crippen molar-refractivity contribution in [3.63, 3.8) is 0 Å². The number of amides is 2. The van der Waals surface area contributed by atoms with Crippen LogP contribution < -0.4 is 5.32 Å². The van der Waals surface area contributed by atoms with E-state index in [-0.39, 0.29) is 30.0 Å². The van der Waals surface area contributed by atoms with Crippen molar-refractivity contribution in [2.24, 2.45) is 0 Å². The molecule has 26 heavy (non-hydrogen) atoms. The molecule has 1 aromatic carbocycles. The predicted molar refractivity (Wildman–Crippen MR) is 107 cm³/mol. The van der Waals surface area contributed by atoms with E-state index in [1.165, 1.54) is 4.90 Å². The molecule has 140 valence electrons. The Kier molecular flexibility index (Phi) is 6.23. The summed E-state index contributed by atoms with van der Waals surface area (Å²) >= 11 is 3.42. The molecule has 6 nitrogen and oxygen atoms in total. The van der Waals surface area contributed by atoms with Crippen LogP contribution in [-0.2, 0) is 4.79 Å². The van der Waals surface area contributed by atoms with Crippen molar-refractivity contribution in [1.82, 2.24) is 15.1 Å². The third-order valence-corrected chi connectivity index (χ3v) is 4.98. The zero-order valence-corrected chi connectivity index (χ0v) is 17.6. The minimum Gasteiger partial charge on any atom is -0.331 e. The molecule has 1 aromatic heterocycles. The van der Waals surface area contributed by atoms with Gasteiger partial charge in [0.1, 0.15) is 0 Å². The van der Waals surface area contributed by atoms with E-state index >= 15 is 0 Å². The van der Waals surface area contributed by atoms with Crippen LogP contribution in [0.1, 0.15) is 52.6 Å². The molecule has 0 unspecified atom stereocenters. The highest BCUT2D eigenvalue weighted by Gasteiger charge is 2.23. The summed E-state index contributed by atoms with van der Waals surface area (Å²) in [6.45, 7) is 9.90. The maximum atomic E-state index is 12.6. The van der Waals surface area contributed by atoms with Crippen LogP contribution in [0.25, 0.3) is 0 Å². The number of likely N-dealkylation sites (N-methyl/N-ethyl adjacent to an activating group) is 1. The largest absolute Gasteiger partial charge is 0.331 e. The normalized spacial score (nSPS) is 10.9. The highest BCUT2D eigenvalue weighted by molar-refractivity contribution is 9.10. The van der Waals surface area contributed by atoms with Gasteiger partial charge in [-0.05, 0) is 53.7 Å². The molecule has 2 aromatic rings. The van der Waals surface area contributed by atoms with Crippen LogP contribution in [-0.4, -0.2) is 40.5 Å². The number of anilines is 1. The number of benzene rings is 1. The van der Waals surface area contributed by atoms with Gasteiger partial charge in [-0.15, -0.1) is 0 Å². The number of carbonyl (C=O) groups excluding carboxylic acids is 2. The van der Waals surface area contributed by atoms with Gasteiger partial charge in [0.25, 0.3) is 5.91 Å². The quantitative estimate of drug-likeness (QED) is 0.768. The Bertz CT molecular complexity index is 819. The van der Waals surface area contributed by atoms with Crippen molar-refractivity contribution in [1.29, 1.82) is 0 Å². The van der Waals surface area contributed by atoms with E-state index < -0.39 is 0 Å². The Morgan fingerprint density at radius 2 is 1.81 bits per heavy atom. The summed E-state index contributed by atoms with van der Waals surface area (Å²) in [5.74, 6) is -0.348. The van der Waals surface area contributed by atoms with E-state index in [0.29, 0.717) is 4.47 Å². The monoisotopic (exact) mass is 420 g/mol. The zero-order chi connectivity index (χ0) is 19.6. The third-order valence-electron chi connectivity index (χ3n) is 4.18. The highest BCUT2D eigenvalue weighted by atomic mass is 79.9. The van der Waals surface area contributed by atoms with E-state index in [1.807, 2.05) is 46.8 Å². The molecular weight excluding hydrogens is 396 g/mol.